The number of nitrogens with one attached hydrogen (secondary N) is 2. The topological polar surface area (TPSA) is 39.7 Å². The molecule has 0 unspecified atom stereocenters. The van der Waals surface area contributed by atoms with Gasteiger partial charge in [0, 0.05) is 29.4 Å². The Morgan fingerprint density at radius 3 is 2.36 bits per heavy atom. The first-order chi connectivity index (χ1) is 10.9. The van der Waals surface area contributed by atoms with Crippen LogP contribution in [-0.2, 0) is 0 Å². The third-order valence-corrected chi connectivity index (χ3v) is 4.96. The van der Waals surface area contributed by atoms with Crippen LogP contribution in [0, 0.1) is 0 Å². The quantitative estimate of drug-likeness (QED) is 0.914. The Labute approximate surface area is 134 Å². The van der Waals surface area contributed by atoms with Gasteiger partial charge in [0.15, 0.2) is 5.96 Å². The molecular weight excluding hydrogens is 292 g/mol. The molecule has 0 atom stereocenters. The number of benzene rings is 2. The second-order valence-electron chi connectivity index (χ2n) is 5.27. The van der Waals surface area contributed by atoms with Gasteiger partial charge in [0.1, 0.15) is 0 Å². The molecule has 2 aliphatic heterocycles. The predicted octanol–water partition coefficient (Wildman–Crippen LogP) is 2.84. The molecule has 0 aliphatic carbocycles. The standard InChI is InChI=1S/C17H18N4S/c1-3-7-15-13(5-1)21(12-11-20-17-18-9-10-19-17)14-6-2-4-8-16(14)22-15/h1-8H,9-12H2,(H2,18,19,20). The molecule has 0 fully saturated rings. The fourth-order valence-electron chi connectivity index (χ4n) is 2.82. The lowest BCUT2D eigenvalue weighted by Gasteiger charge is -2.32. The predicted molar refractivity (Wildman–Crippen MR) is 92.3 cm³/mol. The zero-order valence-corrected chi connectivity index (χ0v) is 13.1. The number of rotatable bonds is 3. The summed E-state index contributed by atoms with van der Waals surface area (Å²) in [5.74, 6) is 0.924. The van der Waals surface area contributed by atoms with Crippen molar-refractivity contribution in [2.75, 3.05) is 31.1 Å². The summed E-state index contributed by atoms with van der Waals surface area (Å²) in [4.78, 5) is 9.41. The number of guanidine groups is 1. The smallest absolute Gasteiger partial charge is 0.191 e. The van der Waals surface area contributed by atoms with Crippen LogP contribution in [0.5, 0.6) is 0 Å². The monoisotopic (exact) mass is 310 g/mol. The van der Waals surface area contributed by atoms with E-state index in [0.29, 0.717) is 0 Å². The number of hydrogen-bond donors (Lipinski definition) is 2. The van der Waals surface area contributed by atoms with Gasteiger partial charge in [-0.05, 0) is 24.3 Å². The van der Waals surface area contributed by atoms with Crippen molar-refractivity contribution in [1.82, 2.24) is 10.6 Å². The Balaban J connectivity index is 1.57. The summed E-state index contributed by atoms with van der Waals surface area (Å²) in [5.41, 5.74) is 2.57. The zero-order valence-electron chi connectivity index (χ0n) is 12.2. The summed E-state index contributed by atoms with van der Waals surface area (Å²) in [5, 5.41) is 6.63. The second kappa shape index (κ2) is 5.93. The summed E-state index contributed by atoms with van der Waals surface area (Å²) < 4.78 is 0. The first-order valence-electron chi connectivity index (χ1n) is 7.57. The van der Waals surface area contributed by atoms with Gasteiger partial charge in [-0.2, -0.15) is 0 Å². The molecule has 2 aromatic carbocycles. The van der Waals surface area contributed by atoms with Crippen molar-refractivity contribution in [3.63, 3.8) is 0 Å². The molecule has 2 aliphatic rings. The number of para-hydroxylation sites is 2. The van der Waals surface area contributed by atoms with Crippen LogP contribution in [0.2, 0.25) is 0 Å². The Bertz CT molecular complexity index is 668. The van der Waals surface area contributed by atoms with Crippen molar-refractivity contribution in [2.45, 2.75) is 9.79 Å². The van der Waals surface area contributed by atoms with Crippen molar-refractivity contribution in [1.29, 1.82) is 0 Å². The molecule has 0 radical (unpaired) electrons. The van der Waals surface area contributed by atoms with Gasteiger partial charge in [0.25, 0.3) is 0 Å². The van der Waals surface area contributed by atoms with Gasteiger partial charge < -0.3 is 15.5 Å². The van der Waals surface area contributed by atoms with Crippen LogP contribution in [0.4, 0.5) is 11.4 Å². The summed E-state index contributed by atoms with van der Waals surface area (Å²) in [6.45, 7) is 3.58. The van der Waals surface area contributed by atoms with E-state index in [2.05, 4.69) is 69.1 Å². The average molecular weight is 310 g/mol. The minimum absolute atomic E-state index is 0.860. The van der Waals surface area contributed by atoms with Crippen LogP contribution in [0.1, 0.15) is 0 Å². The molecule has 0 saturated heterocycles. The van der Waals surface area contributed by atoms with Crippen LogP contribution >= 0.6 is 11.8 Å². The lowest BCUT2D eigenvalue weighted by atomic mass is 10.2. The SMILES string of the molecule is c1ccc2c(c1)Sc1ccccc1N2CCNC1=NCCN1. The molecule has 0 spiro atoms. The molecule has 0 saturated carbocycles. The van der Waals surface area contributed by atoms with Gasteiger partial charge in [-0.3, -0.25) is 4.99 Å². The van der Waals surface area contributed by atoms with Crippen molar-refractivity contribution in [3.8, 4) is 0 Å². The summed E-state index contributed by atoms with van der Waals surface area (Å²) in [6, 6.07) is 17.2. The molecule has 2 N–H and O–H groups in total. The van der Waals surface area contributed by atoms with E-state index in [1.54, 1.807) is 0 Å². The summed E-state index contributed by atoms with van der Waals surface area (Å²) >= 11 is 1.85. The van der Waals surface area contributed by atoms with Gasteiger partial charge >= 0.3 is 0 Å². The molecule has 4 rings (SSSR count). The normalized spacial score (nSPS) is 15.6. The molecule has 0 amide bonds. The highest BCUT2D eigenvalue weighted by atomic mass is 32.2. The van der Waals surface area contributed by atoms with Crippen molar-refractivity contribution < 1.29 is 0 Å². The van der Waals surface area contributed by atoms with E-state index in [0.717, 1.165) is 32.1 Å². The molecule has 0 aromatic heterocycles. The van der Waals surface area contributed by atoms with Gasteiger partial charge in [-0.25, -0.2) is 0 Å². The maximum absolute atomic E-state index is 4.38. The van der Waals surface area contributed by atoms with Gasteiger partial charge in [-0.1, -0.05) is 36.0 Å². The Morgan fingerprint density at radius 2 is 1.73 bits per heavy atom. The third kappa shape index (κ3) is 2.52. The Hall–Kier alpha value is -2.14. The van der Waals surface area contributed by atoms with E-state index >= 15 is 0 Å². The van der Waals surface area contributed by atoms with Crippen molar-refractivity contribution in [3.05, 3.63) is 48.5 Å². The van der Waals surface area contributed by atoms with E-state index < -0.39 is 0 Å². The van der Waals surface area contributed by atoms with Crippen molar-refractivity contribution >= 4 is 29.1 Å². The molecular formula is C17H18N4S. The van der Waals surface area contributed by atoms with E-state index in [9.17, 15) is 0 Å². The van der Waals surface area contributed by atoms with Gasteiger partial charge in [-0.15, -0.1) is 0 Å². The van der Waals surface area contributed by atoms with Crippen LogP contribution < -0.4 is 15.5 Å². The highest BCUT2D eigenvalue weighted by Crippen LogP contribution is 2.47. The molecule has 2 aromatic rings. The maximum atomic E-state index is 4.38. The zero-order chi connectivity index (χ0) is 14.8. The van der Waals surface area contributed by atoms with Gasteiger partial charge in [0.2, 0.25) is 0 Å². The molecule has 4 nitrogen and oxygen atoms in total. The fraction of sp³-hybridized carbons (Fsp3) is 0.235. The molecule has 5 heteroatoms. The Kier molecular flexibility index (Phi) is 3.64. The minimum Gasteiger partial charge on any atom is -0.355 e. The van der Waals surface area contributed by atoms with E-state index in [-0.39, 0.29) is 0 Å². The highest BCUT2D eigenvalue weighted by molar-refractivity contribution is 7.99. The summed E-state index contributed by atoms with van der Waals surface area (Å²) in [6.07, 6.45) is 0. The fourth-order valence-corrected chi connectivity index (χ4v) is 3.92. The van der Waals surface area contributed by atoms with Crippen LogP contribution in [0.3, 0.4) is 0 Å². The largest absolute Gasteiger partial charge is 0.355 e. The van der Waals surface area contributed by atoms with E-state index in [1.807, 2.05) is 11.8 Å². The van der Waals surface area contributed by atoms with E-state index in [1.165, 1.54) is 21.2 Å². The molecule has 22 heavy (non-hydrogen) atoms. The van der Waals surface area contributed by atoms with Crippen molar-refractivity contribution in [2.24, 2.45) is 4.99 Å². The number of fused-ring (bicyclic) bond motifs is 2. The van der Waals surface area contributed by atoms with Crippen LogP contribution in [0.25, 0.3) is 0 Å². The maximum Gasteiger partial charge on any atom is 0.191 e. The second-order valence-corrected chi connectivity index (χ2v) is 6.36. The van der Waals surface area contributed by atoms with Gasteiger partial charge in [0.05, 0.1) is 17.9 Å². The van der Waals surface area contributed by atoms with Crippen LogP contribution in [0.15, 0.2) is 63.3 Å². The molecule has 0 bridgehead atoms. The minimum atomic E-state index is 0.860. The number of anilines is 2. The molecule has 112 valence electrons. The van der Waals surface area contributed by atoms with E-state index in [4.69, 9.17) is 0 Å². The average Bonchev–Trinajstić information content (AvgIpc) is 3.07. The lowest BCUT2D eigenvalue weighted by molar-refractivity contribution is 0.815. The summed E-state index contributed by atoms with van der Waals surface area (Å²) in [7, 11) is 0. The molecule has 2 heterocycles. The Morgan fingerprint density at radius 1 is 1.05 bits per heavy atom. The van der Waals surface area contributed by atoms with Crippen LogP contribution in [-0.4, -0.2) is 32.1 Å². The number of aliphatic imine (C=N–C) groups is 1. The highest BCUT2D eigenvalue weighted by Gasteiger charge is 2.22. The first kappa shape index (κ1) is 13.5. The third-order valence-electron chi connectivity index (χ3n) is 3.83. The lowest BCUT2D eigenvalue weighted by Crippen LogP contribution is -2.38. The first-order valence-corrected chi connectivity index (χ1v) is 8.39. The number of nitrogens with zero attached hydrogens (tertiary/aromatic N) is 2. The number of hydrogen-bond acceptors (Lipinski definition) is 5.